The second-order valence-electron chi connectivity index (χ2n) is 5.37. The first-order valence-electron chi connectivity index (χ1n) is 7.13. The molecule has 1 aliphatic rings. The summed E-state index contributed by atoms with van der Waals surface area (Å²) < 4.78 is 29.2. The first-order valence-corrected chi connectivity index (χ1v) is 7.13. The number of nitrogens with two attached hydrogens (primary N) is 1. The Labute approximate surface area is 122 Å². The average Bonchev–Trinajstić information content (AvgIpc) is 2.49. The van der Waals surface area contributed by atoms with Gasteiger partial charge in [-0.2, -0.15) is 8.78 Å². The van der Waals surface area contributed by atoms with Gasteiger partial charge in [-0.15, -0.1) is 0 Å². The molecule has 0 heterocycles. The van der Waals surface area contributed by atoms with E-state index in [4.69, 9.17) is 5.73 Å². The first-order chi connectivity index (χ1) is 10.1. The monoisotopic (exact) mass is 298 g/mol. The van der Waals surface area contributed by atoms with Gasteiger partial charge in [0.1, 0.15) is 5.75 Å². The maximum Gasteiger partial charge on any atom is 0.387 e. The number of nitrogens with one attached hydrogen (secondary N) is 1. The van der Waals surface area contributed by atoms with Gasteiger partial charge in [-0.25, -0.2) is 0 Å². The number of halogens is 2. The minimum Gasteiger partial charge on any atom is -0.433 e. The van der Waals surface area contributed by atoms with Crippen molar-refractivity contribution in [3.63, 3.8) is 0 Å². The van der Waals surface area contributed by atoms with E-state index in [9.17, 15) is 13.6 Å². The fourth-order valence-corrected chi connectivity index (χ4v) is 2.78. The topological polar surface area (TPSA) is 64.4 Å². The molecule has 1 fully saturated rings. The van der Waals surface area contributed by atoms with Gasteiger partial charge in [0.05, 0.1) is 11.1 Å². The molecular formula is C15H20F2N2O2. The number of para-hydroxylation sites is 2. The standard InChI is InChI=1S/C15H20F2N2O2/c16-14(17)21-12-7-3-2-6-11(12)19-13(20)15(10-18)8-4-1-5-9-15/h2-3,6-7,14H,1,4-5,8-10,18H2,(H,19,20). The third-order valence-electron chi connectivity index (χ3n) is 4.03. The molecule has 0 bridgehead atoms. The van der Waals surface area contributed by atoms with Crippen molar-refractivity contribution in [1.29, 1.82) is 0 Å². The molecule has 3 N–H and O–H groups in total. The van der Waals surface area contributed by atoms with Gasteiger partial charge >= 0.3 is 6.61 Å². The van der Waals surface area contributed by atoms with Crippen molar-refractivity contribution in [3.05, 3.63) is 24.3 Å². The van der Waals surface area contributed by atoms with E-state index < -0.39 is 12.0 Å². The van der Waals surface area contributed by atoms with Gasteiger partial charge in [-0.05, 0) is 25.0 Å². The van der Waals surface area contributed by atoms with Gasteiger partial charge in [0.15, 0.2) is 0 Å². The Hall–Kier alpha value is -1.69. The summed E-state index contributed by atoms with van der Waals surface area (Å²) in [5, 5.41) is 2.70. The second kappa shape index (κ2) is 6.85. The minimum absolute atomic E-state index is 0.0381. The van der Waals surface area contributed by atoms with Gasteiger partial charge < -0.3 is 15.8 Å². The number of benzene rings is 1. The number of carbonyl (C=O) groups is 1. The van der Waals surface area contributed by atoms with Crippen LogP contribution in [-0.2, 0) is 4.79 Å². The molecule has 0 aromatic heterocycles. The molecule has 0 unspecified atom stereocenters. The van der Waals surface area contributed by atoms with E-state index in [-0.39, 0.29) is 23.9 Å². The highest BCUT2D eigenvalue weighted by Gasteiger charge is 2.38. The van der Waals surface area contributed by atoms with Gasteiger partial charge in [0.2, 0.25) is 5.91 Å². The predicted molar refractivity (Wildman–Crippen MR) is 76.3 cm³/mol. The summed E-state index contributed by atoms with van der Waals surface area (Å²) in [6.07, 6.45) is 4.47. The smallest absolute Gasteiger partial charge is 0.387 e. The van der Waals surface area contributed by atoms with Crippen LogP contribution in [0.3, 0.4) is 0 Å². The van der Waals surface area contributed by atoms with Crippen LogP contribution in [0.15, 0.2) is 24.3 Å². The van der Waals surface area contributed by atoms with Crippen LogP contribution < -0.4 is 15.8 Å². The summed E-state index contributed by atoms with van der Waals surface area (Å²) in [6.45, 7) is -2.67. The zero-order chi connectivity index (χ0) is 15.3. The third kappa shape index (κ3) is 3.69. The lowest BCUT2D eigenvalue weighted by Crippen LogP contribution is -2.43. The van der Waals surface area contributed by atoms with Crippen LogP contribution in [0.25, 0.3) is 0 Å². The van der Waals surface area contributed by atoms with Crippen LogP contribution in [0, 0.1) is 5.41 Å². The summed E-state index contributed by atoms with van der Waals surface area (Å²) in [6, 6.07) is 6.18. The summed E-state index contributed by atoms with van der Waals surface area (Å²) in [7, 11) is 0. The van der Waals surface area contributed by atoms with E-state index in [0.717, 1.165) is 32.1 Å². The molecule has 1 amide bonds. The molecule has 2 rings (SSSR count). The molecule has 21 heavy (non-hydrogen) atoms. The molecule has 1 saturated carbocycles. The largest absolute Gasteiger partial charge is 0.433 e. The van der Waals surface area contributed by atoms with E-state index >= 15 is 0 Å². The van der Waals surface area contributed by atoms with Crippen molar-refractivity contribution < 1.29 is 18.3 Å². The van der Waals surface area contributed by atoms with Gasteiger partial charge in [0.25, 0.3) is 0 Å². The van der Waals surface area contributed by atoms with E-state index in [1.807, 2.05) is 0 Å². The van der Waals surface area contributed by atoms with Gasteiger partial charge in [0, 0.05) is 6.54 Å². The fraction of sp³-hybridized carbons (Fsp3) is 0.533. The van der Waals surface area contributed by atoms with Crippen molar-refractivity contribution >= 4 is 11.6 Å². The lowest BCUT2D eigenvalue weighted by molar-refractivity contribution is -0.126. The maximum absolute atomic E-state index is 12.5. The SMILES string of the molecule is NCC1(C(=O)Nc2ccccc2OC(F)F)CCCCC1. The number of anilines is 1. The fourth-order valence-electron chi connectivity index (χ4n) is 2.78. The second-order valence-corrected chi connectivity index (χ2v) is 5.37. The van der Waals surface area contributed by atoms with Crippen molar-refractivity contribution in [1.82, 2.24) is 0 Å². The molecule has 6 heteroatoms. The molecule has 116 valence electrons. The van der Waals surface area contributed by atoms with Crippen LogP contribution in [0.2, 0.25) is 0 Å². The summed E-state index contributed by atoms with van der Waals surface area (Å²) in [4.78, 5) is 12.5. The van der Waals surface area contributed by atoms with E-state index in [1.165, 1.54) is 6.07 Å². The lowest BCUT2D eigenvalue weighted by atomic mass is 9.73. The number of amides is 1. The molecule has 0 radical (unpaired) electrons. The maximum atomic E-state index is 12.5. The van der Waals surface area contributed by atoms with E-state index in [0.29, 0.717) is 0 Å². The highest BCUT2D eigenvalue weighted by molar-refractivity contribution is 5.96. The number of rotatable bonds is 5. The Morgan fingerprint density at radius 3 is 2.57 bits per heavy atom. The Morgan fingerprint density at radius 1 is 1.29 bits per heavy atom. The molecule has 0 atom stereocenters. The molecule has 1 aliphatic carbocycles. The van der Waals surface area contributed by atoms with Gasteiger partial charge in [-0.3, -0.25) is 4.79 Å². The Bertz CT molecular complexity index is 488. The predicted octanol–water partition coefficient (Wildman–Crippen LogP) is 3.14. The van der Waals surface area contributed by atoms with Gasteiger partial charge in [-0.1, -0.05) is 31.4 Å². The third-order valence-corrected chi connectivity index (χ3v) is 4.03. The molecule has 0 saturated heterocycles. The summed E-state index contributed by atoms with van der Waals surface area (Å²) in [5.41, 5.74) is 5.45. The van der Waals surface area contributed by atoms with Crippen molar-refractivity contribution in [2.45, 2.75) is 38.7 Å². The highest BCUT2D eigenvalue weighted by atomic mass is 19.3. The summed E-state index contributed by atoms with van der Waals surface area (Å²) in [5.74, 6) is -0.251. The number of alkyl halides is 2. The van der Waals surface area contributed by atoms with E-state index in [2.05, 4.69) is 10.1 Å². The van der Waals surface area contributed by atoms with Crippen molar-refractivity contribution in [3.8, 4) is 5.75 Å². The van der Waals surface area contributed by atoms with Crippen LogP contribution in [-0.4, -0.2) is 19.1 Å². The van der Waals surface area contributed by atoms with Crippen molar-refractivity contribution in [2.24, 2.45) is 11.1 Å². The molecule has 4 nitrogen and oxygen atoms in total. The lowest BCUT2D eigenvalue weighted by Gasteiger charge is -2.34. The van der Waals surface area contributed by atoms with Crippen molar-refractivity contribution in [2.75, 3.05) is 11.9 Å². The zero-order valence-corrected chi connectivity index (χ0v) is 11.8. The number of hydrogen-bond acceptors (Lipinski definition) is 3. The first kappa shape index (κ1) is 15.7. The minimum atomic E-state index is -2.93. The Kier molecular flexibility index (Phi) is 5.12. The van der Waals surface area contributed by atoms with Crippen LogP contribution in [0.1, 0.15) is 32.1 Å². The number of hydrogen-bond donors (Lipinski definition) is 2. The molecule has 1 aromatic carbocycles. The number of carbonyl (C=O) groups excluding carboxylic acids is 1. The summed E-state index contributed by atoms with van der Waals surface area (Å²) >= 11 is 0. The van der Waals surface area contributed by atoms with E-state index in [1.54, 1.807) is 18.2 Å². The zero-order valence-electron chi connectivity index (χ0n) is 11.8. The average molecular weight is 298 g/mol. The van der Waals surface area contributed by atoms with Crippen LogP contribution >= 0.6 is 0 Å². The molecule has 0 spiro atoms. The van der Waals surface area contributed by atoms with Crippen LogP contribution in [0.5, 0.6) is 5.75 Å². The molecule has 0 aliphatic heterocycles. The van der Waals surface area contributed by atoms with Crippen LogP contribution in [0.4, 0.5) is 14.5 Å². The number of ether oxygens (including phenoxy) is 1. The Balaban J connectivity index is 2.15. The molecular weight excluding hydrogens is 278 g/mol. The highest BCUT2D eigenvalue weighted by Crippen LogP contribution is 2.37. The Morgan fingerprint density at radius 2 is 1.95 bits per heavy atom. The quantitative estimate of drug-likeness (QED) is 0.877. The molecule has 1 aromatic rings. The normalized spacial score (nSPS) is 17.5.